The molecule has 2 unspecified atom stereocenters. The quantitative estimate of drug-likeness (QED) is 0.0264. The number of nitrogens with two attached hydrogens (primary N) is 1. The molecule has 87 heavy (non-hydrogen) atoms. The highest BCUT2D eigenvalue weighted by molar-refractivity contribution is 7.47. The van der Waals surface area contributed by atoms with Gasteiger partial charge in [-0.2, -0.15) is 0 Å². The summed E-state index contributed by atoms with van der Waals surface area (Å²) in [6.45, 7) is 3.79. The zero-order valence-corrected chi connectivity index (χ0v) is 58.4. The largest absolute Gasteiger partial charge is 0.472 e. The average Bonchev–Trinajstić information content (AvgIpc) is 3.64. The lowest BCUT2D eigenvalue weighted by atomic mass is 10.0. The van der Waals surface area contributed by atoms with Crippen molar-refractivity contribution in [2.75, 3.05) is 26.4 Å². The topological polar surface area (TPSA) is 134 Å². The van der Waals surface area contributed by atoms with E-state index in [0.717, 1.165) is 51.4 Å². The molecule has 2 atom stereocenters. The molecule has 9 nitrogen and oxygen atoms in total. The number of carbonyl (C=O) groups is 2. The minimum Gasteiger partial charge on any atom is -0.462 e. The summed E-state index contributed by atoms with van der Waals surface area (Å²) >= 11 is 0. The van der Waals surface area contributed by atoms with Crippen LogP contribution in [0.25, 0.3) is 0 Å². The lowest BCUT2D eigenvalue weighted by molar-refractivity contribution is -0.161. The summed E-state index contributed by atoms with van der Waals surface area (Å²) in [4.78, 5) is 35.4. The van der Waals surface area contributed by atoms with Crippen LogP contribution in [-0.4, -0.2) is 49.3 Å². The Balaban J connectivity index is 3.80. The lowest BCUT2D eigenvalue weighted by Gasteiger charge is -2.19. The fourth-order valence-corrected chi connectivity index (χ4v) is 12.0. The van der Waals surface area contributed by atoms with E-state index in [1.165, 1.54) is 302 Å². The number of ether oxygens (including phenoxy) is 2. The standard InChI is InChI=1S/C77H144NO8P/c1-3-5-7-9-11-13-15-17-19-21-23-25-27-29-31-33-35-37-39-41-43-45-47-49-51-53-55-57-59-61-63-65-67-69-76(79)83-73-75(74-85-87(81,82)84-72-71-78)86-77(80)70-68-66-64-62-60-58-56-54-52-50-48-46-44-42-40-38-36-34-32-30-28-26-24-22-20-18-16-14-12-10-8-6-4-2/h15-18,21-24,28,30,75H,3-14,19-20,25-27,29,31-74,78H2,1-2H3,(H,81,82)/b17-15-,18-16-,23-21-,24-22-,30-28-. The van der Waals surface area contributed by atoms with E-state index in [0.29, 0.717) is 6.42 Å². The van der Waals surface area contributed by atoms with E-state index in [1.807, 2.05) is 0 Å². The summed E-state index contributed by atoms with van der Waals surface area (Å²) in [5.41, 5.74) is 5.41. The molecule has 0 fully saturated rings. The highest BCUT2D eigenvalue weighted by Gasteiger charge is 2.26. The van der Waals surface area contributed by atoms with Crippen molar-refractivity contribution in [3.63, 3.8) is 0 Å². The highest BCUT2D eigenvalue weighted by Crippen LogP contribution is 2.43. The van der Waals surface area contributed by atoms with E-state index in [1.54, 1.807) is 0 Å². The maximum absolute atomic E-state index is 12.8. The molecule has 0 saturated heterocycles. The van der Waals surface area contributed by atoms with Crippen LogP contribution in [0.4, 0.5) is 0 Å². The maximum Gasteiger partial charge on any atom is 0.472 e. The molecule has 0 rings (SSSR count). The van der Waals surface area contributed by atoms with Crippen LogP contribution in [-0.2, 0) is 32.7 Å². The first-order valence-electron chi connectivity index (χ1n) is 37.8. The average molecular weight is 1240 g/mol. The van der Waals surface area contributed by atoms with Gasteiger partial charge in [0.25, 0.3) is 0 Å². The minimum absolute atomic E-state index is 0.0547. The smallest absolute Gasteiger partial charge is 0.462 e. The van der Waals surface area contributed by atoms with Gasteiger partial charge in [0.1, 0.15) is 6.61 Å². The van der Waals surface area contributed by atoms with Crippen LogP contribution in [0, 0.1) is 0 Å². The van der Waals surface area contributed by atoms with Gasteiger partial charge < -0.3 is 20.1 Å². The molecular weight excluding hydrogens is 1100 g/mol. The molecule has 0 bridgehead atoms. The van der Waals surface area contributed by atoms with Crippen LogP contribution in [0.5, 0.6) is 0 Å². The number of unbranched alkanes of at least 4 members (excludes halogenated alkanes) is 49. The van der Waals surface area contributed by atoms with E-state index in [4.69, 9.17) is 24.3 Å². The molecule has 510 valence electrons. The molecule has 0 radical (unpaired) electrons. The van der Waals surface area contributed by atoms with Crippen LogP contribution < -0.4 is 5.73 Å². The van der Waals surface area contributed by atoms with Crippen molar-refractivity contribution >= 4 is 19.8 Å². The number of rotatable bonds is 72. The minimum atomic E-state index is -4.39. The number of phosphoric acid groups is 1. The fourth-order valence-electron chi connectivity index (χ4n) is 11.3. The summed E-state index contributed by atoms with van der Waals surface area (Å²) in [5.74, 6) is -0.807. The fraction of sp³-hybridized carbons (Fsp3) is 0.844. The summed E-state index contributed by atoms with van der Waals surface area (Å²) in [6.07, 6.45) is 94.8. The van der Waals surface area contributed by atoms with Gasteiger partial charge >= 0.3 is 19.8 Å². The molecule has 0 aromatic rings. The van der Waals surface area contributed by atoms with Crippen molar-refractivity contribution in [2.24, 2.45) is 5.73 Å². The second kappa shape index (κ2) is 72.8. The Kier molecular flexibility index (Phi) is 70.9. The third-order valence-corrected chi connectivity index (χ3v) is 17.9. The number of esters is 2. The van der Waals surface area contributed by atoms with Gasteiger partial charge in [-0.05, 0) is 83.5 Å². The first kappa shape index (κ1) is 84.7. The van der Waals surface area contributed by atoms with Gasteiger partial charge in [0.2, 0.25) is 0 Å². The molecule has 0 aliphatic rings. The molecule has 0 aliphatic carbocycles. The molecule has 0 saturated carbocycles. The number of hydrogen-bond acceptors (Lipinski definition) is 8. The molecule has 0 spiro atoms. The van der Waals surface area contributed by atoms with Gasteiger partial charge in [0.05, 0.1) is 13.2 Å². The zero-order chi connectivity index (χ0) is 63.0. The van der Waals surface area contributed by atoms with Crippen LogP contribution in [0.15, 0.2) is 60.8 Å². The Morgan fingerprint density at radius 1 is 0.345 bits per heavy atom. The Bertz CT molecular complexity index is 1610. The third kappa shape index (κ3) is 72.6. The third-order valence-electron chi connectivity index (χ3n) is 16.9. The lowest BCUT2D eigenvalue weighted by Crippen LogP contribution is -2.29. The predicted octanol–water partition coefficient (Wildman–Crippen LogP) is 25.0. The maximum atomic E-state index is 12.8. The Hall–Kier alpha value is -2.29. The van der Waals surface area contributed by atoms with E-state index < -0.39 is 26.5 Å². The van der Waals surface area contributed by atoms with Gasteiger partial charge in [0.15, 0.2) is 6.10 Å². The molecule has 0 aromatic carbocycles. The highest BCUT2D eigenvalue weighted by atomic mass is 31.2. The second-order valence-corrected chi connectivity index (χ2v) is 27.0. The van der Waals surface area contributed by atoms with Crippen molar-refractivity contribution < 1.29 is 37.6 Å². The van der Waals surface area contributed by atoms with Crippen molar-refractivity contribution in [3.05, 3.63) is 60.8 Å². The first-order valence-corrected chi connectivity index (χ1v) is 39.3. The molecular formula is C77H144NO8P. The van der Waals surface area contributed by atoms with E-state index in [-0.39, 0.29) is 38.6 Å². The number of carbonyl (C=O) groups excluding carboxylic acids is 2. The van der Waals surface area contributed by atoms with Crippen LogP contribution in [0.2, 0.25) is 0 Å². The van der Waals surface area contributed by atoms with Crippen molar-refractivity contribution in [2.45, 2.75) is 392 Å². The molecule has 3 N–H and O–H groups in total. The zero-order valence-electron chi connectivity index (χ0n) is 57.5. The van der Waals surface area contributed by atoms with Gasteiger partial charge in [-0.25, -0.2) is 4.57 Å². The Morgan fingerprint density at radius 2 is 0.598 bits per heavy atom. The predicted molar refractivity (Wildman–Crippen MR) is 376 cm³/mol. The van der Waals surface area contributed by atoms with Gasteiger partial charge in [0, 0.05) is 19.4 Å². The molecule has 0 aliphatic heterocycles. The van der Waals surface area contributed by atoms with Crippen molar-refractivity contribution in [1.29, 1.82) is 0 Å². The number of hydrogen-bond donors (Lipinski definition) is 2. The van der Waals surface area contributed by atoms with Crippen molar-refractivity contribution in [1.82, 2.24) is 0 Å². The number of allylic oxidation sites excluding steroid dienone is 10. The Morgan fingerprint density at radius 3 is 0.885 bits per heavy atom. The molecule has 0 aromatic heterocycles. The van der Waals surface area contributed by atoms with Crippen LogP contribution >= 0.6 is 7.82 Å². The molecule has 10 heteroatoms. The van der Waals surface area contributed by atoms with E-state index in [2.05, 4.69) is 74.6 Å². The van der Waals surface area contributed by atoms with E-state index in [9.17, 15) is 19.0 Å². The number of phosphoric ester groups is 1. The summed E-state index contributed by atoms with van der Waals surface area (Å²) in [7, 11) is -4.39. The first-order chi connectivity index (χ1) is 42.8. The van der Waals surface area contributed by atoms with Gasteiger partial charge in [-0.15, -0.1) is 0 Å². The van der Waals surface area contributed by atoms with Crippen LogP contribution in [0.3, 0.4) is 0 Å². The molecule has 0 amide bonds. The summed E-state index contributed by atoms with van der Waals surface area (Å²) < 4.78 is 33.2. The summed E-state index contributed by atoms with van der Waals surface area (Å²) in [5, 5.41) is 0. The van der Waals surface area contributed by atoms with Crippen LogP contribution in [0.1, 0.15) is 386 Å². The molecule has 0 heterocycles. The second-order valence-electron chi connectivity index (χ2n) is 25.5. The van der Waals surface area contributed by atoms with Crippen molar-refractivity contribution in [3.8, 4) is 0 Å². The SMILES string of the molecule is CCCCCCC/C=C\C/C=C\C/C=C\CCCCCCCCCCCCCCCCCCCCC(=O)OC(COC(=O)CCCCCCCCCCCCCCCCCCCCCCC/C=C\C/C=C\CCCCCCC)COP(=O)(O)OCCN. The van der Waals surface area contributed by atoms with Gasteiger partial charge in [-0.3, -0.25) is 18.6 Å². The normalized spacial score (nSPS) is 13.2. The Labute approximate surface area is 539 Å². The monoisotopic (exact) mass is 1240 g/mol. The van der Waals surface area contributed by atoms with E-state index >= 15 is 0 Å². The van der Waals surface area contributed by atoms with Gasteiger partial charge in [-0.1, -0.05) is 351 Å². The summed E-state index contributed by atoms with van der Waals surface area (Å²) in [6, 6.07) is 0.